The maximum atomic E-state index is 12.7. The van der Waals surface area contributed by atoms with E-state index in [1.165, 1.54) is 32.1 Å². The number of nitrogens with one attached hydrogen (secondary N) is 1. The van der Waals surface area contributed by atoms with Gasteiger partial charge >= 0.3 is 0 Å². The van der Waals surface area contributed by atoms with E-state index in [0.717, 1.165) is 22.5 Å². The van der Waals surface area contributed by atoms with E-state index in [0.29, 0.717) is 23.7 Å². The Kier molecular flexibility index (Phi) is 4.03. The minimum absolute atomic E-state index is 0.161. The summed E-state index contributed by atoms with van der Waals surface area (Å²) in [6, 6.07) is 0. The number of halogens is 2. The molecule has 0 atom stereocenters. The second kappa shape index (κ2) is 5.32. The topological polar surface area (TPSA) is 29.1 Å². The molecule has 4 aliphatic carbocycles. The molecule has 19 heavy (non-hydrogen) atoms. The number of rotatable bonds is 4. The van der Waals surface area contributed by atoms with E-state index in [-0.39, 0.29) is 5.54 Å². The molecule has 0 aromatic rings. The highest BCUT2D eigenvalue weighted by Crippen LogP contribution is 2.56. The highest BCUT2D eigenvalue weighted by Gasteiger charge is 2.51. The molecule has 108 valence electrons. The summed E-state index contributed by atoms with van der Waals surface area (Å²) in [5.41, 5.74) is -0.161. The Hall–Kier alpha value is 0.430. The lowest BCUT2D eigenvalue weighted by Gasteiger charge is -2.54. The van der Waals surface area contributed by atoms with E-state index in [1.54, 1.807) is 0 Å². The van der Waals surface area contributed by atoms with Crippen LogP contribution in [0, 0.1) is 29.6 Å². The van der Waals surface area contributed by atoms with Gasteiger partial charge in [0.25, 0.3) is 0 Å². The lowest BCUT2D eigenvalue weighted by Crippen LogP contribution is -2.56. The fourth-order valence-corrected chi connectivity index (χ4v) is 6.05. The molecular weight excluding hydrogens is 370 g/mol. The van der Waals surface area contributed by atoms with Crippen LogP contribution in [0.3, 0.4) is 0 Å². The first-order valence-corrected chi connectivity index (χ1v) is 9.73. The van der Waals surface area contributed by atoms with Gasteiger partial charge in [-0.25, -0.2) is 0 Å². The predicted octanol–water partition coefficient (Wildman–Crippen LogP) is 3.72. The summed E-state index contributed by atoms with van der Waals surface area (Å²) < 4.78 is 0. The molecule has 0 heterocycles. The van der Waals surface area contributed by atoms with Gasteiger partial charge in [0.05, 0.1) is 5.54 Å². The molecule has 1 N–H and O–H groups in total. The van der Waals surface area contributed by atoms with Crippen molar-refractivity contribution in [2.24, 2.45) is 29.6 Å². The number of carbonyl (C=O) groups excluding carboxylic acids is 1. The first-order chi connectivity index (χ1) is 9.04. The maximum Gasteiger partial charge on any atom is 0.224 e. The summed E-state index contributed by atoms with van der Waals surface area (Å²) in [5.74, 6) is 3.83. The Morgan fingerprint density at radius 3 is 1.95 bits per heavy atom. The molecule has 0 spiro atoms. The van der Waals surface area contributed by atoms with E-state index in [9.17, 15) is 4.79 Å². The molecule has 0 aromatic carbocycles. The number of amides is 1. The molecule has 1 amide bonds. The zero-order valence-corrected chi connectivity index (χ0v) is 14.7. The van der Waals surface area contributed by atoms with Crippen molar-refractivity contribution in [3.8, 4) is 0 Å². The smallest absolute Gasteiger partial charge is 0.224 e. The first-order valence-electron chi connectivity index (χ1n) is 7.48. The molecule has 2 nitrogen and oxygen atoms in total. The second-order valence-corrected chi connectivity index (χ2v) is 8.40. The van der Waals surface area contributed by atoms with Gasteiger partial charge in [0.15, 0.2) is 0 Å². The normalized spacial score (nSPS) is 40.5. The van der Waals surface area contributed by atoms with Crippen LogP contribution in [0.1, 0.15) is 39.0 Å². The molecule has 0 unspecified atom stereocenters. The van der Waals surface area contributed by atoms with Crippen LogP contribution in [0.5, 0.6) is 0 Å². The van der Waals surface area contributed by atoms with Gasteiger partial charge in [-0.3, -0.25) is 4.79 Å². The van der Waals surface area contributed by atoms with Crippen molar-refractivity contribution in [3.05, 3.63) is 0 Å². The lowest BCUT2D eigenvalue weighted by atomic mass is 9.51. The standard InChI is InChI=1S/C15H23Br2NO/c1-15(7-16,8-17)18-14(19)13-11-3-9-2-10(5-11)6-12(13)4-9/h9-13H,2-8H2,1H3,(H,18,19). The van der Waals surface area contributed by atoms with Crippen molar-refractivity contribution < 1.29 is 4.79 Å². The fraction of sp³-hybridized carbons (Fsp3) is 0.933. The number of carbonyl (C=O) groups is 1. The Morgan fingerprint density at radius 1 is 1.05 bits per heavy atom. The third-order valence-corrected chi connectivity index (χ3v) is 8.02. The van der Waals surface area contributed by atoms with Crippen LogP contribution in [0.2, 0.25) is 0 Å². The van der Waals surface area contributed by atoms with Crippen LogP contribution >= 0.6 is 31.9 Å². The van der Waals surface area contributed by atoms with Crippen molar-refractivity contribution in [3.63, 3.8) is 0 Å². The summed E-state index contributed by atoms with van der Waals surface area (Å²) >= 11 is 7.04. The Labute approximate surface area is 132 Å². The first kappa shape index (κ1) is 14.4. The second-order valence-electron chi connectivity index (χ2n) is 7.27. The molecule has 0 aromatic heterocycles. The van der Waals surface area contributed by atoms with Crippen LogP contribution in [-0.4, -0.2) is 22.1 Å². The SMILES string of the molecule is CC(CBr)(CBr)NC(=O)C1C2CC3CC(C2)CC1C3. The molecule has 4 aliphatic rings. The van der Waals surface area contributed by atoms with Crippen molar-refractivity contribution in [1.29, 1.82) is 0 Å². The Bertz CT molecular complexity index is 339. The van der Waals surface area contributed by atoms with Crippen LogP contribution in [0.25, 0.3) is 0 Å². The average molecular weight is 393 g/mol. The molecule has 4 heteroatoms. The molecule has 4 rings (SSSR count). The van der Waals surface area contributed by atoms with E-state index >= 15 is 0 Å². The van der Waals surface area contributed by atoms with E-state index < -0.39 is 0 Å². The Morgan fingerprint density at radius 2 is 1.53 bits per heavy atom. The van der Waals surface area contributed by atoms with E-state index in [4.69, 9.17) is 0 Å². The predicted molar refractivity (Wildman–Crippen MR) is 84.7 cm³/mol. The summed E-state index contributed by atoms with van der Waals surface area (Å²) in [6.07, 6.45) is 6.69. The molecule has 0 aliphatic heterocycles. The molecular formula is C15H23Br2NO. The van der Waals surface area contributed by atoms with Gasteiger partial charge in [0, 0.05) is 16.6 Å². The van der Waals surface area contributed by atoms with Crippen molar-refractivity contribution in [1.82, 2.24) is 5.32 Å². The van der Waals surface area contributed by atoms with Gasteiger partial charge in [-0.1, -0.05) is 31.9 Å². The largest absolute Gasteiger partial charge is 0.349 e. The van der Waals surface area contributed by atoms with Crippen LogP contribution in [-0.2, 0) is 4.79 Å². The highest BCUT2D eigenvalue weighted by atomic mass is 79.9. The van der Waals surface area contributed by atoms with Gasteiger partial charge < -0.3 is 5.32 Å². The average Bonchev–Trinajstić information content (AvgIpc) is 2.37. The molecule has 4 bridgehead atoms. The minimum Gasteiger partial charge on any atom is -0.349 e. The van der Waals surface area contributed by atoms with Crippen LogP contribution in [0.4, 0.5) is 0 Å². The number of alkyl halides is 2. The molecule has 0 radical (unpaired) electrons. The van der Waals surface area contributed by atoms with Crippen molar-refractivity contribution >= 4 is 37.8 Å². The molecule has 4 fully saturated rings. The van der Waals surface area contributed by atoms with Crippen molar-refractivity contribution in [2.75, 3.05) is 10.7 Å². The summed E-state index contributed by atoms with van der Waals surface area (Å²) in [6.45, 7) is 2.10. The van der Waals surface area contributed by atoms with Gasteiger partial charge in [0.2, 0.25) is 5.91 Å². The molecule has 4 saturated carbocycles. The quantitative estimate of drug-likeness (QED) is 0.725. The highest BCUT2D eigenvalue weighted by molar-refractivity contribution is 9.09. The van der Waals surface area contributed by atoms with Gasteiger partial charge in [-0.05, 0) is 62.7 Å². The van der Waals surface area contributed by atoms with E-state index in [1.807, 2.05) is 0 Å². The van der Waals surface area contributed by atoms with Gasteiger partial charge in [-0.15, -0.1) is 0 Å². The number of hydrogen-bond acceptors (Lipinski definition) is 1. The fourth-order valence-electron chi connectivity index (χ4n) is 4.84. The Balaban J connectivity index is 1.70. The van der Waals surface area contributed by atoms with Gasteiger partial charge in [-0.2, -0.15) is 0 Å². The zero-order chi connectivity index (χ0) is 13.6. The van der Waals surface area contributed by atoms with Crippen LogP contribution < -0.4 is 5.32 Å². The van der Waals surface area contributed by atoms with E-state index in [2.05, 4.69) is 44.1 Å². The summed E-state index contributed by atoms with van der Waals surface area (Å²) in [4.78, 5) is 12.7. The maximum absolute atomic E-state index is 12.7. The third-order valence-electron chi connectivity index (χ3n) is 5.54. The summed E-state index contributed by atoms with van der Waals surface area (Å²) in [7, 11) is 0. The zero-order valence-electron chi connectivity index (χ0n) is 11.5. The monoisotopic (exact) mass is 391 g/mol. The van der Waals surface area contributed by atoms with Gasteiger partial charge in [0.1, 0.15) is 0 Å². The summed E-state index contributed by atoms with van der Waals surface area (Å²) in [5, 5.41) is 4.88. The lowest BCUT2D eigenvalue weighted by molar-refractivity contribution is -0.139. The third kappa shape index (κ3) is 2.64. The minimum atomic E-state index is -0.161. The molecule has 0 saturated heterocycles. The van der Waals surface area contributed by atoms with Crippen molar-refractivity contribution in [2.45, 2.75) is 44.6 Å². The number of hydrogen-bond donors (Lipinski definition) is 1. The van der Waals surface area contributed by atoms with Crippen LogP contribution in [0.15, 0.2) is 0 Å².